The number of hydrogen-bond donors (Lipinski definition) is 0. The van der Waals surface area contributed by atoms with Crippen LogP contribution >= 0.6 is 0 Å². The molecule has 0 unspecified atom stereocenters. The first-order valence-electron chi connectivity index (χ1n) is 16.1. The summed E-state index contributed by atoms with van der Waals surface area (Å²) in [6.07, 6.45) is 10.7. The standard InChI is InChI=1S/C21H25.C13H21.C6H10.2ClH.Zr/c1-20(2,3)16-7-9-18-14(12-16)11-15-13-17(21(4,5)6)8-10-19(15)18;1-6-10-8-11(7-2)12(9-10)13(3,4)5;1-2-4-6-5-3-1;;;/h7-10,12H,11H2,1-6H3;8-9H,6-7H2,1-5H3;1-5H2;2*1H;/q2*-1;;;;+2/p-2. The molecular formula is C40H56Cl2Zr-2. The monoisotopic (exact) mass is 696 g/mol. The molecular weight excluding hydrogens is 643 g/mol. The SMILES string of the molecule is CC(C)(C)c1[c-]c2c(cc1)-c1ccc(C(C)(C)C)cc1C2.CCc1cc(C(C)(C)C)c(CC)[cH-]1.[Cl-].[Cl-].[Zr+2]=[C]1CCCCC1. The molecule has 0 heterocycles. The number of fused-ring (bicyclic) bond motifs is 3. The van der Waals surface area contributed by atoms with Crippen LogP contribution in [-0.4, -0.2) is 3.21 Å². The second-order valence-electron chi connectivity index (χ2n) is 15.2. The minimum atomic E-state index is 0. The van der Waals surface area contributed by atoms with Crippen LogP contribution < -0.4 is 24.8 Å². The van der Waals surface area contributed by atoms with Crippen LogP contribution in [-0.2, 0) is 59.7 Å². The van der Waals surface area contributed by atoms with Crippen LogP contribution in [0.4, 0.5) is 0 Å². The van der Waals surface area contributed by atoms with Crippen LogP contribution in [0.3, 0.4) is 0 Å². The zero-order valence-corrected chi connectivity index (χ0v) is 32.9. The molecule has 0 atom stereocenters. The van der Waals surface area contributed by atoms with Gasteiger partial charge in [-0.05, 0) is 28.4 Å². The summed E-state index contributed by atoms with van der Waals surface area (Å²) in [7, 11) is 0. The van der Waals surface area contributed by atoms with Crippen molar-refractivity contribution in [3.8, 4) is 11.1 Å². The van der Waals surface area contributed by atoms with Gasteiger partial charge in [-0.2, -0.15) is 46.5 Å². The number of rotatable bonds is 2. The Balaban J connectivity index is 0.000000360. The van der Waals surface area contributed by atoms with Gasteiger partial charge in [-0.3, -0.25) is 0 Å². The third-order valence-corrected chi connectivity index (χ3v) is 9.78. The first kappa shape index (κ1) is 40.1. The van der Waals surface area contributed by atoms with Crippen LogP contribution in [0.15, 0.2) is 42.5 Å². The number of benzene rings is 2. The molecule has 0 aliphatic heterocycles. The van der Waals surface area contributed by atoms with Crippen LogP contribution in [0, 0.1) is 6.07 Å². The van der Waals surface area contributed by atoms with E-state index in [9.17, 15) is 0 Å². The third kappa shape index (κ3) is 11.2. The van der Waals surface area contributed by atoms with Crippen molar-refractivity contribution in [3.63, 3.8) is 0 Å². The van der Waals surface area contributed by atoms with Crippen LogP contribution in [0.25, 0.3) is 11.1 Å². The van der Waals surface area contributed by atoms with Crippen molar-refractivity contribution in [1.82, 2.24) is 0 Å². The van der Waals surface area contributed by atoms with Gasteiger partial charge in [0.25, 0.3) is 0 Å². The van der Waals surface area contributed by atoms with Gasteiger partial charge in [0, 0.05) is 0 Å². The van der Waals surface area contributed by atoms with Crippen LogP contribution in [0.1, 0.15) is 147 Å². The average molecular weight is 699 g/mol. The number of halogens is 2. The molecule has 236 valence electrons. The Bertz CT molecular complexity index is 1250. The summed E-state index contributed by atoms with van der Waals surface area (Å²) in [4.78, 5) is 0. The summed E-state index contributed by atoms with van der Waals surface area (Å²) in [6, 6.07) is 19.9. The van der Waals surface area contributed by atoms with E-state index in [1.54, 1.807) is 27.4 Å². The Labute approximate surface area is 292 Å². The predicted octanol–water partition coefficient (Wildman–Crippen LogP) is 5.16. The van der Waals surface area contributed by atoms with Gasteiger partial charge in [0.15, 0.2) is 0 Å². The van der Waals surface area contributed by atoms with Crippen molar-refractivity contribution >= 4 is 3.21 Å². The molecule has 1 saturated carbocycles. The normalized spacial score (nSPS) is 14.2. The summed E-state index contributed by atoms with van der Waals surface area (Å²) < 4.78 is 1.80. The van der Waals surface area contributed by atoms with E-state index in [1.807, 2.05) is 0 Å². The Morgan fingerprint density at radius 2 is 1.33 bits per heavy atom. The van der Waals surface area contributed by atoms with E-state index in [-0.39, 0.29) is 35.6 Å². The molecule has 0 bridgehead atoms. The fourth-order valence-corrected chi connectivity index (χ4v) is 6.69. The van der Waals surface area contributed by atoms with Gasteiger partial charge in [-0.15, -0.1) is 11.1 Å². The van der Waals surface area contributed by atoms with E-state index in [0.29, 0.717) is 5.41 Å². The maximum atomic E-state index is 3.67. The van der Waals surface area contributed by atoms with Gasteiger partial charge in [-0.25, -0.2) is 6.07 Å². The topological polar surface area (TPSA) is 0 Å². The zero-order valence-electron chi connectivity index (χ0n) is 29.0. The Morgan fingerprint density at radius 3 is 1.77 bits per heavy atom. The van der Waals surface area contributed by atoms with E-state index in [4.69, 9.17) is 0 Å². The predicted molar refractivity (Wildman–Crippen MR) is 179 cm³/mol. The van der Waals surface area contributed by atoms with Crippen molar-refractivity contribution in [2.24, 2.45) is 0 Å². The van der Waals surface area contributed by atoms with Crippen molar-refractivity contribution in [3.05, 3.63) is 87.5 Å². The fourth-order valence-electron chi connectivity index (χ4n) is 5.82. The molecule has 0 saturated heterocycles. The van der Waals surface area contributed by atoms with E-state index in [2.05, 4.69) is 125 Å². The zero-order chi connectivity index (χ0) is 30.6. The Kier molecular flexibility index (Phi) is 15.5. The summed E-state index contributed by atoms with van der Waals surface area (Å²) in [6.45, 7) is 24.9. The van der Waals surface area contributed by atoms with Crippen LogP contribution in [0.2, 0.25) is 0 Å². The summed E-state index contributed by atoms with van der Waals surface area (Å²) in [5.74, 6) is 0. The first-order valence-corrected chi connectivity index (χ1v) is 17.3. The molecule has 3 aromatic carbocycles. The molecule has 0 aromatic heterocycles. The van der Waals surface area contributed by atoms with Gasteiger partial charge in [0.1, 0.15) is 0 Å². The van der Waals surface area contributed by atoms with E-state index >= 15 is 0 Å². The molecule has 0 radical (unpaired) electrons. The summed E-state index contributed by atoms with van der Waals surface area (Å²) in [5.41, 5.74) is 13.6. The Morgan fingerprint density at radius 1 is 0.721 bits per heavy atom. The maximum absolute atomic E-state index is 3.67. The van der Waals surface area contributed by atoms with Gasteiger partial charge in [-0.1, -0.05) is 118 Å². The second-order valence-corrected chi connectivity index (χ2v) is 17.0. The van der Waals surface area contributed by atoms with E-state index < -0.39 is 0 Å². The van der Waals surface area contributed by atoms with Gasteiger partial charge < -0.3 is 24.8 Å². The summed E-state index contributed by atoms with van der Waals surface area (Å²) >= 11 is 1.69. The molecule has 0 amide bonds. The number of hydrogen-bond acceptors (Lipinski definition) is 0. The molecule has 2 aliphatic rings. The van der Waals surface area contributed by atoms with Crippen molar-refractivity contribution in [2.45, 2.75) is 144 Å². The molecule has 1 fully saturated rings. The van der Waals surface area contributed by atoms with E-state index in [0.717, 1.165) is 19.3 Å². The molecule has 5 rings (SSSR count). The molecule has 43 heavy (non-hydrogen) atoms. The third-order valence-electron chi connectivity index (χ3n) is 8.55. The quantitative estimate of drug-likeness (QED) is 0.254. The minimum absolute atomic E-state index is 0. The summed E-state index contributed by atoms with van der Waals surface area (Å²) in [5, 5.41) is 0. The molecule has 0 nitrogen and oxygen atoms in total. The van der Waals surface area contributed by atoms with Crippen molar-refractivity contribution in [2.75, 3.05) is 0 Å². The van der Waals surface area contributed by atoms with E-state index in [1.165, 1.54) is 82.2 Å². The molecule has 3 heteroatoms. The molecule has 2 aliphatic carbocycles. The molecule has 3 aromatic rings. The van der Waals surface area contributed by atoms with Gasteiger partial charge in [0.2, 0.25) is 0 Å². The average Bonchev–Trinajstić information content (AvgIpc) is 3.49. The number of aryl methyl sites for hydroxylation is 2. The van der Waals surface area contributed by atoms with Crippen molar-refractivity contribution in [1.29, 1.82) is 0 Å². The van der Waals surface area contributed by atoms with Crippen LogP contribution in [0.5, 0.6) is 0 Å². The molecule has 0 spiro atoms. The first-order chi connectivity index (χ1) is 19.0. The second kappa shape index (κ2) is 16.6. The molecule has 0 N–H and O–H groups in total. The Hall–Kier alpha value is -0.877. The van der Waals surface area contributed by atoms with Gasteiger partial charge in [0.05, 0.1) is 0 Å². The van der Waals surface area contributed by atoms with Gasteiger partial charge >= 0.3 is 59.5 Å². The van der Waals surface area contributed by atoms with Crippen molar-refractivity contribution < 1.29 is 49.0 Å². The fraction of sp³-hybridized carbons (Fsp3) is 0.550.